The van der Waals surface area contributed by atoms with Crippen molar-refractivity contribution >= 4 is 17.5 Å². The summed E-state index contributed by atoms with van der Waals surface area (Å²) in [4.78, 5) is 25.0. The van der Waals surface area contributed by atoms with Crippen LogP contribution in [0.4, 0.5) is 0 Å². The minimum Gasteiger partial charge on any atom is -0.333 e. The summed E-state index contributed by atoms with van der Waals surface area (Å²) >= 11 is 0. The van der Waals surface area contributed by atoms with Crippen LogP contribution < -0.4 is 5.43 Å². The van der Waals surface area contributed by atoms with Gasteiger partial charge < -0.3 is 4.90 Å². The summed E-state index contributed by atoms with van der Waals surface area (Å²) in [7, 11) is 0. The first kappa shape index (κ1) is 18.4. The molecule has 5 nitrogen and oxygen atoms in total. The SMILES string of the molecule is CC1=C(/C=C/C(C)=N/NC(=O)CN2CCCC2=O)C(C)(C)CCC1. The molecular weight excluding hydrogens is 302 g/mol. The Bertz CT molecular complexity index is 600. The average molecular weight is 331 g/mol. The molecule has 2 rings (SSSR count). The molecule has 132 valence electrons. The van der Waals surface area contributed by atoms with E-state index < -0.39 is 0 Å². The minimum atomic E-state index is -0.244. The fraction of sp³-hybridized carbons (Fsp3) is 0.632. The Kier molecular flexibility index (Phi) is 5.97. The van der Waals surface area contributed by atoms with Crippen LogP contribution in [0.3, 0.4) is 0 Å². The molecule has 0 spiro atoms. The number of allylic oxidation sites excluding steroid dienone is 4. The summed E-state index contributed by atoms with van der Waals surface area (Å²) in [6.45, 7) is 9.37. The third-order valence-electron chi connectivity index (χ3n) is 4.90. The van der Waals surface area contributed by atoms with Crippen molar-refractivity contribution in [2.75, 3.05) is 13.1 Å². The zero-order valence-corrected chi connectivity index (χ0v) is 15.3. The van der Waals surface area contributed by atoms with Gasteiger partial charge in [-0.05, 0) is 56.6 Å². The Hall–Kier alpha value is -1.91. The molecule has 1 aliphatic heterocycles. The minimum absolute atomic E-state index is 0.0488. The lowest BCUT2D eigenvalue weighted by Gasteiger charge is -2.32. The van der Waals surface area contributed by atoms with E-state index in [1.807, 2.05) is 13.0 Å². The van der Waals surface area contributed by atoms with Gasteiger partial charge in [0.15, 0.2) is 0 Å². The Morgan fingerprint density at radius 1 is 1.33 bits per heavy atom. The molecule has 0 aromatic carbocycles. The van der Waals surface area contributed by atoms with Gasteiger partial charge in [0.25, 0.3) is 5.91 Å². The molecule has 0 atom stereocenters. The van der Waals surface area contributed by atoms with E-state index in [0.29, 0.717) is 13.0 Å². The molecule has 0 bridgehead atoms. The summed E-state index contributed by atoms with van der Waals surface area (Å²) in [5.74, 6) is -0.195. The molecule has 0 unspecified atom stereocenters. The summed E-state index contributed by atoms with van der Waals surface area (Å²) < 4.78 is 0. The van der Waals surface area contributed by atoms with Crippen molar-refractivity contribution in [2.24, 2.45) is 10.5 Å². The van der Waals surface area contributed by atoms with Crippen LogP contribution >= 0.6 is 0 Å². The van der Waals surface area contributed by atoms with Crippen molar-refractivity contribution < 1.29 is 9.59 Å². The quantitative estimate of drug-likeness (QED) is 0.621. The number of hydrogen-bond acceptors (Lipinski definition) is 3. The van der Waals surface area contributed by atoms with Gasteiger partial charge in [-0.2, -0.15) is 5.10 Å². The third-order valence-corrected chi connectivity index (χ3v) is 4.90. The standard InChI is InChI=1S/C19H29N3O2/c1-14-7-5-11-19(3,4)16(14)10-9-15(2)20-21-17(23)13-22-12-6-8-18(22)24/h9-10H,5-8,11-13H2,1-4H3,(H,21,23)/b10-9+,20-15+. The van der Waals surface area contributed by atoms with E-state index in [-0.39, 0.29) is 23.8 Å². The van der Waals surface area contributed by atoms with Gasteiger partial charge in [0, 0.05) is 13.0 Å². The Balaban J connectivity index is 1.91. The van der Waals surface area contributed by atoms with Gasteiger partial charge in [-0.3, -0.25) is 9.59 Å². The smallest absolute Gasteiger partial charge is 0.259 e. The molecule has 1 aliphatic carbocycles. The van der Waals surface area contributed by atoms with Crippen LogP contribution in [0.1, 0.15) is 59.8 Å². The van der Waals surface area contributed by atoms with E-state index in [1.165, 1.54) is 24.0 Å². The summed E-state index contributed by atoms with van der Waals surface area (Å²) in [5.41, 5.74) is 6.29. The van der Waals surface area contributed by atoms with Gasteiger partial charge in [0.2, 0.25) is 5.91 Å². The van der Waals surface area contributed by atoms with Crippen molar-refractivity contribution in [3.8, 4) is 0 Å². The highest BCUT2D eigenvalue weighted by molar-refractivity contribution is 5.94. The maximum absolute atomic E-state index is 11.9. The summed E-state index contributed by atoms with van der Waals surface area (Å²) in [6.07, 6.45) is 9.05. The lowest BCUT2D eigenvalue weighted by Crippen LogP contribution is -2.36. The molecule has 5 heteroatoms. The third kappa shape index (κ3) is 4.79. The zero-order valence-electron chi connectivity index (χ0n) is 15.3. The Labute approximate surface area is 144 Å². The molecule has 0 saturated carbocycles. The first-order valence-corrected chi connectivity index (χ1v) is 8.79. The molecule has 0 aromatic heterocycles. The number of hydrogen-bond donors (Lipinski definition) is 1. The molecule has 1 heterocycles. The first-order chi connectivity index (χ1) is 11.3. The molecule has 1 saturated heterocycles. The van der Waals surface area contributed by atoms with Gasteiger partial charge >= 0.3 is 0 Å². The van der Waals surface area contributed by atoms with Gasteiger partial charge in [-0.1, -0.05) is 25.5 Å². The maximum atomic E-state index is 11.9. The predicted octanol–water partition coefficient (Wildman–Crippen LogP) is 3.18. The van der Waals surface area contributed by atoms with Crippen LogP contribution in [0.5, 0.6) is 0 Å². The highest BCUT2D eigenvalue weighted by Gasteiger charge is 2.26. The van der Waals surface area contributed by atoms with E-state index in [0.717, 1.165) is 18.6 Å². The van der Waals surface area contributed by atoms with Crippen molar-refractivity contribution in [3.63, 3.8) is 0 Å². The van der Waals surface area contributed by atoms with Crippen LogP contribution in [-0.2, 0) is 9.59 Å². The lowest BCUT2D eigenvalue weighted by molar-refractivity contribution is -0.133. The van der Waals surface area contributed by atoms with Crippen molar-refractivity contribution in [1.82, 2.24) is 10.3 Å². The molecule has 1 N–H and O–H groups in total. The Morgan fingerprint density at radius 2 is 2.08 bits per heavy atom. The highest BCUT2D eigenvalue weighted by Crippen LogP contribution is 2.40. The van der Waals surface area contributed by atoms with Crippen LogP contribution in [0.2, 0.25) is 0 Å². The number of amides is 2. The van der Waals surface area contributed by atoms with E-state index in [1.54, 1.807) is 4.90 Å². The number of carbonyl (C=O) groups is 2. The summed E-state index contributed by atoms with van der Waals surface area (Å²) in [5, 5.41) is 4.12. The van der Waals surface area contributed by atoms with Gasteiger partial charge in [0.05, 0.1) is 5.71 Å². The second kappa shape index (κ2) is 7.77. The van der Waals surface area contributed by atoms with Crippen LogP contribution in [-0.4, -0.2) is 35.5 Å². The molecule has 24 heavy (non-hydrogen) atoms. The largest absolute Gasteiger partial charge is 0.333 e. The van der Waals surface area contributed by atoms with Crippen molar-refractivity contribution in [3.05, 3.63) is 23.3 Å². The highest BCUT2D eigenvalue weighted by atomic mass is 16.2. The number of rotatable bonds is 5. The zero-order chi connectivity index (χ0) is 17.7. The predicted molar refractivity (Wildman–Crippen MR) is 96.5 cm³/mol. The van der Waals surface area contributed by atoms with Crippen molar-refractivity contribution in [2.45, 2.75) is 59.8 Å². The van der Waals surface area contributed by atoms with Crippen LogP contribution in [0.15, 0.2) is 28.4 Å². The number of hydrazone groups is 1. The van der Waals surface area contributed by atoms with Crippen molar-refractivity contribution in [1.29, 1.82) is 0 Å². The van der Waals surface area contributed by atoms with E-state index in [4.69, 9.17) is 0 Å². The molecule has 2 aliphatic rings. The topological polar surface area (TPSA) is 61.8 Å². The van der Waals surface area contributed by atoms with Gasteiger partial charge in [-0.25, -0.2) is 5.43 Å². The maximum Gasteiger partial charge on any atom is 0.259 e. The molecule has 0 radical (unpaired) electrons. The van der Waals surface area contributed by atoms with E-state index in [9.17, 15) is 9.59 Å². The van der Waals surface area contributed by atoms with Gasteiger partial charge in [-0.15, -0.1) is 0 Å². The second-order valence-electron chi connectivity index (χ2n) is 7.47. The number of nitrogens with one attached hydrogen (secondary N) is 1. The van der Waals surface area contributed by atoms with E-state index >= 15 is 0 Å². The molecule has 0 aromatic rings. The fourth-order valence-corrected chi connectivity index (χ4v) is 3.48. The molecule has 1 fully saturated rings. The average Bonchev–Trinajstić information content (AvgIpc) is 2.89. The first-order valence-electron chi connectivity index (χ1n) is 8.79. The molecular formula is C19H29N3O2. The summed E-state index contributed by atoms with van der Waals surface area (Å²) in [6, 6.07) is 0. The fourth-order valence-electron chi connectivity index (χ4n) is 3.48. The monoisotopic (exact) mass is 331 g/mol. The van der Waals surface area contributed by atoms with Crippen LogP contribution in [0.25, 0.3) is 0 Å². The van der Waals surface area contributed by atoms with E-state index in [2.05, 4.69) is 37.4 Å². The number of carbonyl (C=O) groups excluding carboxylic acids is 2. The Morgan fingerprint density at radius 3 is 2.71 bits per heavy atom. The van der Waals surface area contributed by atoms with Gasteiger partial charge in [0.1, 0.15) is 6.54 Å². The molecule has 2 amide bonds. The number of likely N-dealkylation sites (tertiary alicyclic amines) is 1. The normalized spacial score (nSPS) is 21.8. The lowest BCUT2D eigenvalue weighted by atomic mass is 9.72. The second-order valence-corrected chi connectivity index (χ2v) is 7.47. The van der Waals surface area contributed by atoms with Crippen LogP contribution in [0, 0.1) is 5.41 Å². The number of nitrogens with zero attached hydrogens (tertiary/aromatic N) is 2.